The number of benzene rings is 2. The zero-order chi connectivity index (χ0) is 49.6. The van der Waals surface area contributed by atoms with Crippen LogP contribution in [0.15, 0.2) is 48.5 Å². The van der Waals surface area contributed by atoms with E-state index in [9.17, 15) is 18.4 Å². The standard InChI is InChI=1S/C30H39F2N3O2.S32/c1-3-4-5-28-21-34(18-19-35(28)29(37)20-23-14-16-33(17-15-23)22(2)36)30(24-6-10-26(31)11-7-24)25-8-12-27(32)13-9-25;1-3-5-7-9-11-13-15-17-19-21-23-25-27-29-31-32-30-28-26-24-22-20-18-16-14-12-10-8-6-4-2/h6-13,23,28,30H,3-5,14-21H2,1-2H3;/t28-;/m0./s1. The molecule has 0 saturated carbocycles. The van der Waals surface area contributed by atoms with Crippen molar-refractivity contribution >= 4 is 301 Å². The van der Waals surface area contributed by atoms with Crippen LogP contribution in [-0.2, 0) is 298 Å². The zero-order valence-electron chi connectivity index (χ0n) is 35.1. The molecule has 392 valence electrons. The molecule has 2 aliphatic rings. The first-order valence-electron chi connectivity index (χ1n) is 18.8. The Bertz CT molecular complexity index is 3300. The number of rotatable bonds is 8. The smallest absolute Gasteiger partial charge is 0.223 e. The Balaban J connectivity index is 0.000000371. The molecule has 4 rings (SSSR count). The molecular weight excluding hydrogens is 1500 g/mol. The van der Waals surface area contributed by atoms with Crippen molar-refractivity contribution < 1.29 is 18.4 Å². The molecule has 2 saturated heterocycles. The van der Waals surface area contributed by atoms with Gasteiger partial charge in [-0.1, -0.05) is 44.0 Å². The fourth-order valence-corrected chi connectivity index (χ4v) is 83.0. The van der Waals surface area contributed by atoms with Crippen molar-refractivity contribution in [2.75, 3.05) is 32.7 Å². The van der Waals surface area contributed by atoms with Crippen LogP contribution in [-0.4, -0.2) is 65.3 Å². The number of amides is 2. The minimum Gasteiger partial charge on any atom is -0.343 e. The van der Waals surface area contributed by atoms with Gasteiger partial charge in [0, 0.05) is 341 Å². The highest BCUT2D eigenvalue weighted by Gasteiger charge is 2.35. The van der Waals surface area contributed by atoms with Crippen LogP contribution in [0.2, 0.25) is 0 Å². The van der Waals surface area contributed by atoms with E-state index in [1.807, 2.05) is 147 Å². The maximum atomic E-state index is 13.7. The number of hydrogen-bond donors (Lipinski definition) is 0. The fraction of sp³-hybridized carbons (Fsp3) is 0.533. The summed E-state index contributed by atoms with van der Waals surface area (Å²) < 4.78 is 27.4. The molecule has 2 aliphatic heterocycles. The largest absolute Gasteiger partial charge is 0.343 e. The highest BCUT2D eigenvalue weighted by molar-refractivity contribution is 8.80. The number of unbranched alkanes of at least 4 members (excludes halogenated alkanes) is 1. The Morgan fingerprint density at radius 3 is 1.22 bits per heavy atom. The number of halogens is 2. The van der Waals surface area contributed by atoms with Crippen LogP contribution in [0.5, 0.6) is 0 Å². The van der Waals surface area contributed by atoms with E-state index in [-0.39, 0.29) is 35.5 Å². The van der Waals surface area contributed by atoms with Crippen molar-refractivity contribution in [2.24, 2.45) is 5.92 Å². The summed E-state index contributed by atoms with van der Waals surface area (Å²) in [5.74, 6) is 0.0672. The first kappa shape index (κ1) is 67.5. The van der Waals surface area contributed by atoms with Crippen molar-refractivity contribution in [2.45, 2.75) is 64.5 Å². The lowest BCUT2D eigenvalue weighted by Crippen LogP contribution is -2.56. The van der Waals surface area contributed by atoms with Crippen LogP contribution in [0, 0.1) is 17.6 Å². The van der Waals surface area contributed by atoms with Crippen molar-refractivity contribution in [3.05, 3.63) is 71.3 Å². The van der Waals surface area contributed by atoms with E-state index < -0.39 is 0 Å². The first-order chi connectivity index (χ1) is 33.8. The van der Waals surface area contributed by atoms with E-state index in [4.69, 9.17) is 22.4 Å². The molecule has 2 aromatic carbocycles. The number of likely N-dealkylation sites (tertiary alicyclic amines) is 1. The third kappa shape index (κ3) is 32.8. The Morgan fingerprint density at radius 1 is 0.551 bits per heavy atom. The van der Waals surface area contributed by atoms with Crippen LogP contribution in [0.4, 0.5) is 8.78 Å². The zero-order valence-corrected chi connectivity index (χ0v) is 61.2. The van der Waals surface area contributed by atoms with Gasteiger partial charge in [0.05, 0.1) is 6.04 Å². The van der Waals surface area contributed by atoms with Crippen LogP contribution < -0.4 is 0 Å². The maximum Gasteiger partial charge on any atom is 0.223 e. The lowest BCUT2D eigenvalue weighted by Gasteiger charge is -2.45. The predicted octanol–water partition coefficient (Wildman–Crippen LogP) is 5.33. The normalized spacial score (nSPS) is 14.0. The SMILES string of the molecule is CCCC[C@H]1CN(C(c2ccc(F)cc2)c2ccc(F)cc2)CCN1C(=O)CC1CCN(C(C)=O)CC1.S=S=S=S=S=S=S=S=S=S=S=S=S=S=S=S=S=S=S=S=S=S=S=S=S=S=S=S=S=S=S=S. The van der Waals surface area contributed by atoms with Crippen molar-refractivity contribution in [1.29, 1.82) is 0 Å². The summed E-state index contributed by atoms with van der Waals surface area (Å²) in [5.41, 5.74) is 1.92. The second-order valence-corrected chi connectivity index (χ2v) is 65.7. The Labute approximate surface area is 498 Å². The summed E-state index contributed by atoms with van der Waals surface area (Å²) in [6.45, 7) is 7.28. The van der Waals surface area contributed by atoms with E-state index in [0.717, 1.165) is 56.3 Å². The summed E-state index contributed by atoms with van der Waals surface area (Å²) in [6.07, 6.45) is 5.32. The van der Waals surface area contributed by atoms with Crippen LogP contribution in [0.3, 0.4) is 0 Å². The maximum absolute atomic E-state index is 13.7. The average Bonchev–Trinajstić information content (AvgIpc) is 3.35. The summed E-state index contributed by atoms with van der Waals surface area (Å²) in [7, 11) is 52.8. The number of carbonyl (C=O) groups is 2. The van der Waals surface area contributed by atoms with Gasteiger partial charge in [0.2, 0.25) is 11.8 Å². The Kier molecular flexibility index (Phi) is 45.0. The lowest BCUT2D eigenvalue weighted by molar-refractivity contribution is -0.138. The average molecular weight is 1540 g/mol. The van der Waals surface area contributed by atoms with E-state index in [2.05, 4.69) is 16.7 Å². The van der Waals surface area contributed by atoms with E-state index in [0.29, 0.717) is 32.0 Å². The third-order valence-corrected chi connectivity index (χ3v) is 73.2. The molecule has 0 unspecified atom stereocenters. The molecular formula is C30H39F2N3O2S32. The predicted molar refractivity (Wildman–Crippen MR) is 377 cm³/mol. The molecule has 0 bridgehead atoms. The minimum atomic E-state index is -0.285. The second-order valence-electron chi connectivity index (χ2n) is 12.6. The van der Waals surface area contributed by atoms with Crippen molar-refractivity contribution in [3.63, 3.8) is 0 Å². The molecule has 5 nitrogen and oxygen atoms in total. The van der Waals surface area contributed by atoms with E-state index >= 15 is 0 Å². The van der Waals surface area contributed by atoms with Crippen molar-refractivity contribution in [1.82, 2.24) is 14.7 Å². The van der Waals surface area contributed by atoms with Gasteiger partial charge in [-0.05, 0) is 60.6 Å². The molecule has 0 spiro atoms. The third-order valence-electron chi connectivity index (χ3n) is 8.79. The molecule has 0 aliphatic carbocycles. The topological polar surface area (TPSA) is 43.9 Å². The molecule has 69 heavy (non-hydrogen) atoms. The highest BCUT2D eigenvalue weighted by atomic mass is 33.5. The van der Waals surface area contributed by atoms with E-state index in [1.165, 1.54) is 42.0 Å². The number of nitrogens with zero attached hydrogens (tertiary/aromatic N) is 3. The summed E-state index contributed by atoms with van der Waals surface area (Å²) in [4.78, 5) is 31.4. The molecule has 2 heterocycles. The minimum absolute atomic E-state index is 0.0990. The van der Waals surface area contributed by atoms with Crippen molar-refractivity contribution in [3.8, 4) is 0 Å². The lowest BCUT2D eigenvalue weighted by atomic mass is 9.91. The summed E-state index contributed by atoms with van der Waals surface area (Å²) >= 11 is 9.58. The molecule has 39 heteroatoms. The summed E-state index contributed by atoms with van der Waals surface area (Å²) in [5, 5.41) is 0. The van der Waals surface area contributed by atoms with Gasteiger partial charge >= 0.3 is 0 Å². The molecule has 1 atom stereocenters. The number of hydrogen-bond acceptors (Lipinski definition) is 5. The highest BCUT2D eigenvalue weighted by Crippen LogP contribution is 2.33. The van der Waals surface area contributed by atoms with Gasteiger partial charge in [0.15, 0.2) is 0 Å². The molecule has 0 N–H and O–H groups in total. The van der Waals surface area contributed by atoms with Gasteiger partial charge < -0.3 is 9.80 Å². The van der Waals surface area contributed by atoms with Crippen LogP contribution >= 0.6 is 0 Å². The monoisotopic (exact) mass is 1530 g/mol. The van der Waals surface area contributed by atoms with Gasteiger partial charge in [-0.2, -0.15) is 0 Å². The van der Waals surface area contributed by atoms with E-state index in [1.54, 1.807) is 138 Å². The molecule has 2 aromatic rings. The van der Waals surface area contributed by atoms with Gasteiger partial charge in [0.1, 0.15) is 11.6 Å². The van der Waals surface area contributed by atoms with Crippen LogP contribution in [0.25, 0.3) is 0 Å². The second kappa shape index (κ2) is 46.0. The van der Waals surface area contributed by atoms with Gasteiger partial charge in [-0.15, -0.1) is 0 Å². The van der Waals surface area contributed by atoms with Gasteiger partial charge in [0.25, 0.3) is 0 Å². The number of piperazine rings is 1. The Hall–Kier alpha value is 4.24. The molecule has 2 amide bonds. The fourth-order valence-electron chi connectivity index (χ4n) is 6.17. The Morgan fingerprint density at radius 2 is 0.899 bits per heavy atom. The number of piperidine rings is 1. The molecule has 0 radical (unpaired) electrons. The quantitative estimate of drug-likeness (QED) is 0.359. The van der Waals surface area contributed by atoms with Gasteiger partial charge in [-0.25, -0.2) is 8.78 Å². The molecule has 2 fully saturated rings. The van der Waals surface area contributed by atoms with Gasteiger partial charge in [-0.3, -0.25) is 14.5 Å². The summed E-state index contributed by atoms with van der Waals surface area (Å²) in [6, 6.07) is 13.0. The molecule has 0 aromatic heterocycles. The van der Waals surface area contributed by atoms with Crippen LogP contribution in [0.1, 0.15) is 69.5 Å². The number of carbonyl (C=O) groups excluding carboxylic acids is 2. The first-order valence-corrected chi connectivity index (χ1v) is 60.2.